The van der Waals surface area contributed by atoms with E-state index in [0.717, 1.165) is 0 Å². The largest absolute Gasteiger partial charge is 0.493 e. The number of nitrogens with zero attached hydrogens (tertiary/aromatic N) is 1. The highest BCUT2D eigenvalue weighted by Gasteiger charge is 2.15. The number of hydrogen-bond acceptors (Lipinski definition) is 6. The molecule has 32 heavy (non-hydrogen) atoms. The summed E-state index contributed by atoms with van der Waals surface area (Å²) in [4.78, 5) is 12.6. The molecule has 1 N–H and O–H groups in total. The molecule has 162 valence electrons. The van der Waals surface area contributed by atoms with Gasteiger partial charge in [0.25, 0.3) is 5.91 Å². The molecule has 0 unspecified atom stereocenters. The number of carbonyl (C=O) groups excluding carboxylic acids is 1. The van der Waals surface area contributed by atoms with Crippen LogP contribution in [0.1, 0.15) is 5.56 Å². The standard InChI is InChI=1S/C25H22N2O5/c1-29-22-14-17(15-23(30-2)24(22)31-3)13-18(16-26)25(28)27-19-9-11-21(12-10-19)32-20-7-5-4-6-8-20/h4-15H,1-3H3,(H,27,28)/b18-13+. The van der Waals surface area contributed by atoms with E-state index in [0.29, 0.717) is 40.0 Å². The maximum absolute atomic E-state index is 12.6. The molecule has 0 saturated carbocycles. The van der Waals surface area contributed by atoms with Crippen molar-refractivity contribution in [3.63, 3.8) is 0 Å². The van der Waals surface area contributed by atoms with Crippen LogP contribution in [-0.4, -0.2) is 27.2 Å². The number of rotatable bonds is 8. The highest BCUT2D eigenvalue weighted by molar-refractivity contribution is 6.09. The van der Waals surface area contributed by atoms with Crippen LogP contribution in [0.25, 0.3) is 6.08 Å². The van der Waals surface area contributed by atoms with Gasteiger partial charge >= 0.3 is 0 Å². The van der Waals surface area contributed by atoms with Gasteiger partial charge in [0.15, 0.2) is 11.5 Å². The Kier molecular flexibility index (Phi) is 7.33. The molecule has 0 bridgehead atoms. The molecule has 0 aliphatic carbocycles. The minimum absolute atomic E-state index is 0.0797. The topological polar surface area (TPSA) is 89.8 Å². The lowest BCUT2D eigenvalue weighted by Gasteiger charge is -2.13. The van der Waals surface area contributed by atoms with Gasteiger partial charge in [-0.2, -0.15) is 5.26 Å². The molecule has 0 atom stereocenters. The summed E-state index contributed by atoms with van der Waals surface area (Å²) < 4.78 is 21.7. The van der Waals surface area contributed by atoms with Crippen molar-refractivity contribution in [1.29, 1.82) is 5.26 Å². The number of nitrogens with one attached hydrogen (secondary N) is 1. The van der Waals surface area contributed by atoms with Gasteiger partial charge in [0, 0.05) is 5.69 Å². The van der Waals surface area contributed by atoms with E-state index >= 15 is 0 Å². The van der Waals surface area contributed by atoms with Crippen molar-refractivity contribution in [2.45, 2.75) is 0 Å². The number of ether oxygens (including phenoxy) is 4. The highest BCUT2D eigenvalue weighted by Crippen LogP contribution is 2.38. The van der Waals surface area contributed by atoms with Crippen LogP contribution in [0.2, 0.25) is 0 Å². The summed E-state index contributed by atoms with van der Waals surface area (Å²) in [6, 6.07) is 21.5. The van der Waals surface area contributed by atoms with E-state index in [1.165, 1.54) is 27.4 Å². The summed E-state index contributed by atoms with van der Waals surface area (Å²) in [5.41, 5.74) is 1.00. The molecule has 7 heteroatoms. The smallest absolute Gasteiger partial charge is 0.266 e. The number of carbonyl (C=O) groups is 1. The SMILES string of the molecule is COc1cc(/C=C(\C#N)C(=O)Nc2ccc(Oc3ccccc3)cc2)cc(OC)c1OC. The lowest BCUT2D eigenvalue weighted by atomic mass is 10.1. The fraction of sp³-hybridized carbons (Fsp3) is 0.120. The van der Waals surface area contributed by atoms with Crippen molar-refractivity contribution in [3.05, 3.63) is 77.9 Å². The molecule has 3 rings (SSSR count). The summed E-state index contributed by atoms with van der Waals surface area (Å²) in [6.07, 6.45) is 1.45. The van der Waals surface area contributed by atoms with Gasteiger partial charge < -0.3 is 24.3 Å². The van der Waals surface area contributed by atoms with Gasteiger partial charge in [-0.05, 0) is 60.2 Å². The fourth-order valence-electron chi connectivity index (χ4n) is 2.93. The summed E-state index contributed by atoms with van der Waals surface area (Å²) in [6.45, 7) is 0. The third-order valence-corrected chi connectivity index (χ3v) is 4.45. The Labute approximate surface area is 186 Å². The van der Waals surface area contributed by atoms with Crippen molar-refractivity contribution in [1.82, 2.24) is 0 Å². The molecule has 0 fully saturated rings. The normalized spacial score (nSPS) is 10.6. The maximum atomic E-state index is 12.6. The molecular weight excluding hydrogens is 408 g/mol. The number of anilines is 1. The zero-order chi connectivity index (χ0) is 22.9. The van der Waals surface area contributed by atoms with E-state index in [1.54, 1.807) is 36.4 Å². The van der Waals surface area contributed by atoms with Gasteiger partial charge in [-0.3, -0.25) is 4.79 Å². The Morgan fingerprint density at radius 1 is 0.875 bits per heavy atom. The Balaban J connectivity index is 1.76. The molecule has 0 saturated heterocycles. The molecule has 0 aliphatic heterocycles. The van der Waals surface area contributed by atoms with E-state index in [1.807, 2.05) is 36.4 Å². The maximum Gasteiger partial charge on any atom is 0.266 e. The number of nitriles is 1. The molecule has 0 aromatic heterocycles. The van der Waals surface area contributed by atoms with Crippen LogP contribution in [0.5, 0.6) is 28.7 Å². The lowest BCUT2D eigenvalue weighted by molar-refractivity contribution is -0.112. The number of amides is 1. The number of benzene rings is 3. The monoisotopic (exact) mass is 430 g/mol. The van der Waals surface area contributed by atoms with Gasteiger partial charge in [-0.15, -0.1) is 0 Å². The first-order valence-electron chi connectivity index (χ1n) is 9.64. The van der Waals surface area contributed by atoms with Gasteiger partial charge in [0.1, 0.15) is 23.1 Å². The Morgan fingerprint density at radius 3 is 2.00 bits per heavy atom. The Bertz CT molecular complexity index is 1120. The average Bonchev–Trinajstić information content (AvgIpc) is 2.83. The summed E-state index contributed by atoms with van der Waals surface area (Å²) in [7, 11) is 4.49. The minimum atomic E-state index is -0.544. The second kappa shape index (κ2) is 10.5. The molecule has 1 amide bonds. The third kappa shape index (κ3) is 5.37. The summed E-state index contributed by atoms with van der Waals surface area (Å²) in [5, 5.41) is 12.2. The van der Waals surface area contributed by atoms with E-state index in [4.69, 9.17) is 18.9 Å². The molecule has 3 aromatic carbocycles. The number of methoxy groups -OCH3 is 3. The molecule has 3 aromatic rings. The average molecular weight is 430 g/mol. The quantitative estimate of drug-likeness (QED) is 0.397. The zero-order valence-corrected chi connectivity index (χ0v) is 17.9. The van der Waals surface area contributed by atoms with Crippen molar-refractivity contribution in [2.24, 2.45) is 0 Å². The van der Waals surface area contributed by atoms with Crippen LogP contribution in [0, 0.1) is 11.3 Å². The molecule has 7 nitrogen and oxygen atoms in total. The van der Waals surface area contributed by atoms with Gasteiger partial charge in [0.05, 0.1) is 21.3 Å². The molecular formula is C25H22N2O5. The first kappa shape index (κ1) is 22.2. The molecule has 0 radical (unpaired) electrons. The summed E-state index contributed by atoms with van der Waals surface area (Å²) >= 11 is 0. The van der Waals surface area contributed by atoms with E-state index in [9.17, 15) is 10.1 Å². The Morgan fingerprint density at radius 2 is 1.47 bits per heavy atom. The molecule has 0 heterocycles. The van der Waals surface area contributed by atoms with Crippen LogP contribution >= 0.6 is 0 Å². The van der Waals surface area contributed by atoms with Crippen molar-refractivity contribution >= 4 is 17.7 Å². The van der Waals surface area contributed by atoms with Gasteiger partial charge in [-0.1, -0.05) is 18.2 Å². The van der Waals surface area contributed by atoms with Crippen LogP contribution in [0.3, 0.4) is 0 Å². The number of hydrogen-bond donors (Lipinski definition) is 1. The second-order valence-electron chi connectivity index (χ2n) is 6.52. The first-order chi connectivity index (χ1) is 15.6. The minimum Gasteiger partial charge on any atom is -0.493 e. The Hall–Kier alpha value is -4.44. The van der Waals surface area contributed by atoms with E-state index in [2.05, 4.69) is 5.32 Å². The fourth-order valence-corrected chi connectivity index (χ4v) is 2.93. The van der Waals surface area contributed by atoms with Gasteiger partial charge in [-0.25, -0.2) is 0 Å². The van der Waals surface area contributed by atoms with Gasteiger partial charge in [0.2, 0.25) is 5.75 Å². The summed E-state index contributed by atoms with van der Waals surface area (Å²) in [5.74, 6) is 2.06. The lowest BCUT2D eigenvalue weighted by Crippen LogP contribution is -2.13. The molecule has 0 spiro atoms. The molecule has 0 aliphatic rings. The predicted molar refractivity (Wildman–Crippen MR) is 121 cm³/mol. The van der Waals surface area contributed by atoms with Crippen molar-refractivity contribution in [2.75, 3.05) is 26.6 Å². The number of para-hydroxylation sites is 1. The van der Waals surface area contributed by atoms with Crippen LogP contribution in [0.4, 0.5) is 5.69 Å². The first-order valence-corrected chi connectivity index (χ1v) is 9.64. The predicted octanol–water partition coefficient (Wildman–Crippen LogP) is 5.05. The zero-order valence-electron chi connectivity index (χ0n) is 17.9. The third-order valence-electron chi connectivity index (χ3n) is 4.45. The van der Waals surface area contributed by atoms with E-state index < -0.39 is 5.91 Å². The van der Waals surface area contributed by atoms with E-state index in [-0.39, 0.29) is 5.57 Å². The second-order valence-corrected chi connectivity index (χ2v) is 6.52. The van der Waals surface area contributed by atoms with Crippen LogP contribution < -0.4 is 24.3 Å². The van der Waals surface area contributed by atoms with Crippen molar-refractivity contribution < 1.29 is 23.7 Å². The highest BCUT2D eigenvalue weighted by atomic mass is 16.5. The van der Waals surface area contributed by atoms with Crippen LogP contribution in [0.15, 0.2) is 72.3 Å². The van der Waals surface area contributed by atoms with Crippen LogP contribution in [-0.2, 0) is 4.79 Å². The van der Waals surface area contributed by atoms with Crippen molar-refractivity contribution in [3.8, 4) is 34.8 Å².